The first kappa shape index (κ1) is 17.7. The van der Waals surface area contributed by atoms with Gasteiger partial charge in [0.1, 0.15) is 0 Å². The second-order valence-corrected chi connectivity index (χ2v) is 6.80. The Labute approximate surface area is 145 Å². The van der Waals surface area contributed by atoms with E-state index in [0.29, 0.717) is 12.0 Å². The number of hydrogen-bond acceptors (Lipinski definition) is 1. The lowest BCUT2D eigenvalue weighted by molar-refractivity contribution is -0.172. The van der Waals surface area contributed by atoms with Crippen molar-refractivity contribution in [1.29, 1.82) is 0 Å². The summed E-state index contributed by atoms with van der Waals surface area (Å²) in [5, 5.41) is 0. The number of rotatable bonds is 3. The molecule has 2 aromatic rings. The predicted molar refractivity (Wildman–Crippen MR) is 93.0 cm³/mol. The summed E-state index contributed by atoms with van der Waals surface area (Å²) in [4.78, 5) is 12.1. The Balaban J connectivity index is 2.30. The first-order valence-corrected chi connectivity index (χ1v) is 8.50. The van der Waals surface area contributed by atoms with Crippen LogP contribution in [0.2, 0.25) is 0 Å². The van der Waals surface area contributed by atoms with Crippen LogP contribution in [0.5, 0.6) is 0 Å². The van der Waals surface area contributed by atoms with Crippen molar-refractivity contribution in [1.82, 2.24) is 0 Å². The summed E-state index contributed by atoms with van der Waals surface area (Å²) in [5.74, 6) is -2.78. The topological polar surface area (TPSA) is 17.1 Å². The first-order chi connectivity index (χ1) is 11.7. The molecule has 0 fully saturated rings. The zero-order chi connectivity index (χ0) is 18.5. The molecule has 3 rings (SSSR count). The molecule has 1 atom stereocenters. The van der Waals surface area contributed by atoms with Gasteiger partial charge in [-0.05, 0) is 78.1 Å². The van der Waals surface area contributed by atoms with Crippen LogP contribution in [0.3, 0.4) is 0 Å². The predicted octanol–water partition coefficient (Wildman–Crippen LogP) is 5.81. The van der Waals surface area contributed by atoms with Gasteiger partial charge >= 0.3 is 6.18 Å². The number of halogens is 3. The molecule has 0 radical (unpaired) electrons. The number of Topliss-reactive ketones (excluding diaryl/α,β-unsaturated/α-hetero) is 1. The zero-order valence-electron chi connectivity index (χ0n) is 14.8. The number of alkyl halides is 3. The number of ketones is 1. The van der Waals surface area contributed by atoms with Crippen molar-refractivity contribution in [2.45, 2.75) is 52.6 Å². The molecule has 0 spiro atoms. The van der Waals surface area contributed by atoms with Crippen molar-refractivity contribution in [3.63, 3.8) is 0 Å². The van der Waals surface area contributed by atoms with Gasteiger partial charge in [-0.25, -0.2) is 0 Å². The number of carbonyl (C=O) groups excluding carboxylic acids is 1. The van der Waals surface area contributed by atoms with Crippen LogP contribution in [-0.4, -0.2) is 12.0 Å². The third kappa shape index (κ3) is 2.68. The van der Waals surface area contributed by atoms with Crippen LogP contribution in [0.4, 0.5) is 13.2 Å². The molecule has 1 nitrogen and oxygen atoms in total. The maximum absolute atomic E-state index is 13.1. The Kier molecular flexibility index (Phi) is 4.26. The maximum atomic E-state index is 13.1. The van der Waals surface area contributed by atoms with Crippen molar-refractivity contribution < 1.29 is 18.0 Å². The summed E-state index contributed by atoms with van der Waals surface area (Å²) in [5.41, 5.74) is 7.56. The third-order valence-electron chi connectivity index (χ3n) is 5.54. The lowest BCUT2D eigenvalue weighted by Crippen LogP contribution is -2.30. The highest BCUT2D eigenvalue weighted by Crippen LogP contribution is 2.46. The van der Waals surface area contributed by atoms with Crippen molar-refractivity contribution in [2.75, 3.05) is 0 Å². The van der Waals surface area contributed by atoms with Gasteiger partial charge in [0.05, 0.1) is 5.92 Å². The van der Waals surface area contributed by atoms with Crippen LogP contribution in [0, 0.1) is 20.8 Å². The van der Waals surface area contributed by atoms with Gasteiger partial charge in [-0.3, -0.25) is 4.79 Å². The Morgan fingerprint density at radius 1 is 1.08 bits per heavy atom. The number of benzene rings is 2. The van der Waals surface area contributed by atoms with E-state index in [1.165, 1.54) is 0 Å². The quantitative estimate of drug-likeness (QED) is 0.585. The largest absolute Gasteiger partial charge is 0.450 e. The Bertz CT molecular complexity index is 862. The van der Waals surface area contributed by atoms with E-state index in [4.69, 9.17) is 0 Å². The molecule has 132 valence electrons. The molecule has 4 heteroatoms. The molecule has 0 bridgehead atoms. The van der Waals surface area contributed by atoms with Gasteiger partial charge in [0.15, 0.2) is 0 Å². The van der Waals surface area contributed by atoms with Crippen LogP contribution in [0.1, 0.15) is 52.6 Å². The van der Waals surface area contributed by atoms with Crippen LogP contribution < -0.4 is 0 Å². The molecule has 0 amide bonds. The molecule has 25 heavy (non-hydrogen) atoms. The molecule has 1 unspecified atom stereocenters. The molecular weight excluding hydrogens is 325 g/mol. The van der Waals surface area contributed by atoms with Gasteiger partial charge in [-0.2, -0.15) is 13.2 Å². The fourth-order valence-corrected chi connectivity index (χ4v) is 4.10. The highest BCUT2D eigenvalue weighted by atomic mass is 19.4. The van der Waals surface area contributed by atoms with Crippen molar-refractivity contribution in [3.05, 3.63) is 57.6 Å². The summed E-state index contributed by atoms with van der Waals surface area (Å²) in [6, 6.07) is 7.91. The highest BCUT2D eigenvalue weighted by molar-refractivity contribution is 5.93. The molecular formula is C21H21F3O. The highest BCUT2D eigenvalue weighted by Gasteiger charge is 2.45. The minimum atomic E-state index is -4.82. The Hall–Kier alpha value is -2.10. The van der Waals surface area contributed by atoms with Gasteiger partial charge in [-0.1, -0.05) is 31.2 Å². The van der Waals surface area contributed by atoms with E-state index in [2.05, 4.69) is 0 Å². The van der Waals surface area contributed by atoms with Crippen LogP contribution >= 0.6 is 0 Å². The minimum Gasteiger partial charge on any atom is -0.289 e. The normalized spacial score (nSPS) is 14.2. The second-order valence-electron chi connectivity index (χ2n) is 6.80. The second kappa shape index (κ2) is 6.01. The molecule has 0 heterocycles. The first-order valence-electron chi connectivity index (χ1n) is 8.50. The molecule has 1 aliphatic rings. The Morgan fingerprint density at radius 3 is 2.32 bits per heavy atom. The summed E-state index contributed by atoms with van der Waals surface area (Å²) >= 11 is 0. The van der Waals surface area contributed by atoms with Gasteiger partial charge < -0.3 is 0 Å². The third-order valence-corrected chi connectivity index (χ3v) is 5.54. The summed E-state index contributed by atoms with van der Waals surface area (Å²) in [7, 11) is 0. The number of hydrogen-bond donors (Lipinski definition) is 0. The average Bonchev–Trinajstić information content (AvgIpc) is 2.94. The van der Waals surface area contributed by atoms with E-state index in [9.17, 15) is 18.0 Å². The average molecular weight is 346 g/mol. The van der Waals surface area contributed by atoms with E-state index in [1.54, 1.807) is 6.92 Å². The summed E-state index contributed by atoms with van der Waals surface area (Å²) in [6.45, 7) is 7.43. The SMILES string of the molecule is CCC(C(=O)C(F)(F)F)c1c(C)c(C)c(C)c2c1Cc1ccccc1-2. The van der Waals surface area contributed by atoms with E-state index in [-0.39, 0.29) is 6.42 Å². The fraction of sp³-hybridized carbons (Fsp3) is 0.381. The van der Waals surface area contributed by atoms with Gasteiger partial charge in [0.2, 0.25) is 5.78 Å². The number of fused-ring (bicyclic) bond motifs is 3. The van der Waals surface area contributed by atoms with Crippen molar-refractivity contribution in [2.24, 2.45) is 0 Å². The summed E-state index contributed by atoms with van der Waals surface area (Å²) in [6.07, 6.45) is -4.08. The Morgan fingerprint density at radius 2 is 1.72 bits per heavy atom. The van der Waals surface area contributed by atoms with Crippen LogP contribution in [0.25, 0.3) is 11.1 Å². The van der Waals surface area contributed by atoms with E-state index < -0.39 is 17.9 Å². The molecule has 0 aromatic heterocycles. The van der Waals surface area contributed by atoms with Gasteiger partial charge in [0.25, 0.3) is 0 Å². The maximum Gasteiger partial charge on any atom is 0.450 e. The summed E-state index contributed by atoms with van der Waals surface area (Å²) < 4.78 is 39.4. The van der Waals surface area contributed by atoms with Crippen LogP contribution in [0.15, 0.2) is 24.3 Å². The van der Waals surface area contributed by atoms with Crippen molar-refractivity contribution in [3.8, 4) is 11.1 Å². The van der Waals surface area contributed by atoms with Gasteiger partial charge in [-0.15, -0.1) is 0 Å². The van der Waals surface area contributed by atoms with Crippen molar-refractivity contribution >= 4 is 5.78 Å². The lowest BCUT2D eigenvalue weighted by Gasteiger charge is -2.25. The lowest BCUT2D eigenvalue weighted by atomic mass is 9.80. The molecule has 0 aliphatic heterocycles. The standard InChI is InChI=1S/C21H21F3O/c1-5-15(20(25)21(22,23)24)18-12(3)11(2)13(4)19-16-9-7-6-8-14(16)10-17(18)19/h6-9,15H,5,10H2,1-4H3. The van der Waals surface area contributed by atoms with Crippen LogP contribution in [-0.2, 0) is 11.2 Å². The molecule has 2 aromatic carbocycles. The minimum absolute atomic E-state index is 0.143. The number of carbonyl (C=O) groups is 1. The van der Waals surface area contributed by atoms with E-state index in [1.807, 2.05) is 45.0 Å². The molecule has 0 saturated carbocycles. The van der Waals surface area contributed by atoms with E-state index in [0.717, 1.165) is 38.9 Å². The monoisotopic (exact) mass is 346 g/mol. The van der Waals surface area contributed by atoms with E-state index >= 15 is 0 Å². The zero-order valence-corrected chi connectivity index (χ0v) is 14.8. The van der Waals surface area contributed by atoms with Gasteiger partial charge in [0, 0.05) is 0 Å². The fourth-order valence-electron chi connectivity index (χ4n) is 4.10. The molecule has 0 N–H and O–H groups in total. The molecule has 1 aliphatic carbocycles. The molecule has 0 saturated heterocycles. The smallest absolute Gasteiger partial charge is 0.289 e.